The third kappa shape index (κ3) is 3.07. The topological polar surface area (TPSA) is 25.8 Å². The molecule has 0 aliphatic carbocycles. The SMILES string of the molecule is c1ccc2c(-c3c4ccccc4c(-c4ccc5ccc6cccnc6c5n4)c4ccccc34)cccc2c1. The Labute approximate surface area is 219 Å². The first-order valence-electron chi connectivity index (χ1n) is 12.9. The molecular formula is C36H22N2. The Kier molecular flexibility index (Phi) is 4.55. The third-order valence-electron chi connectivity index (χ3n) is 7.68. The summed E-state index contributed by atoms with van der Waals surface area (Å²) in [4.78, 5) is 9.95. The van der Waals surface area contributed by atoms with E-state index in [0.717, 1.165) is 33.1 Å². The van der Waals surface area contributed by atoms with Crippen LogP contribution in [0.25, 0.3) is 76.5 Å². The summed E-state index contributed by atoms with van der Waals surface area (Å²) in [6.45, 7) is 0. The molecule has 0 atom stereocenters. The lowest BCUT2D eigenvalue weighted by Crippen LogP contribution is -1.94. The van der Waals surface area contributed by atoms with Crippen LogP contribution >= 0.6 is 0 Å². The highest BCUT2D eigenvalue weighted by Crippen LogP contribution is 2.45. The first kappa shape index (κ1) is 21.0. The third-order valence-corrected chi connectivity index (χ3v) is 7.68. The number of nitrogens with zero attached hydrogens (tertiary/aromatic N) is 2. The van der Waals surface area contributed by atoms with E-state index in [1.807, 2.05) is 12.3 Å². The molecule has 2 aromatic heterocycles. The highest BCUT2D eigenvalue weighted by Gasteiger charge is 2.18. The zero-order valence-electron chi connectivity index (χ0n) is 20.6. The number of fused-ring (bicyclic) bond motifs is 6. The van der Waals surface area contributed by atoms with Gasteiger partial charge >= 0.3 is 0 Å². The molecule has 6 aromatic carbocycles. The van der Waals surface area contributed by atoms with Crippen LogP contribution in [0.4, 0.5) is 0 Å². The van der Waals surface area contributed by atoms with Gasteiger partial charge in [-0.2, -0.15) is 0 Å². The Morgan fingerprint density at radius 2 is 0.921 bits per heavy atom. The molecule has 38 heavy (non-hydrogen) atoms. The Bertz CT molecular complexity index is 2130. The zero-order valence-corrected chi connectivity index (χ0v) is 20.6. The van der Waals surface area contributed by atoms with Crippen molar-refractivity contribution in [2.45, 2.75) is 0 Å². The van der Waals surface area contributed by atoms with E-state index in [-0.39, 0.29) is 0 Å². The molecule has 2 nitrogen and oxygen atoms in total. The van der Waals surface area contributed by atoms with E-state index in [9.17, 15) is 0 Å². The number of hydrogen-bond donors (Lipinski definition) is 0. The van der Waals surface area contributed by atoms with Crippen molar-refractivity contribution in [2.75, 3.05) is 0 Å². The van der Waals surface area contributed by atoms with Crippen LogP contribution in [-0.2, 0) is 0 Å². The smallest absolute Gasteiger partial charge is 0.0972 e. The fraction of sp³-hybridized carbons (Fsp3) is 0. The van der Waals surface area contributed by atoms with Gasteiger partial charge in [0.15, 0.2) is 0 Å². The van der Waals surface area contributed by atoms with Crippen LogP contribution in [0, 0.1) is 0 Å². The van der Waals surface area contributed by atoms with Crippen molar-refractivity contribution < 1.29 is 0 Å². The monoisotopic (exact) mass is 482 g/mol. The molecule has 8 aromatic rings. The van der Waals surface area contributed by atoms with Gasteiger partial charge in [-0.1, -0.05) is 115 Å². The van der Waals surface area contributed by atoms with E-state index in [0.29, 0.717) is 0 Å². The fourth-order valence-electron chi connectivity index (χ4n) is 6.00. The van der Waals surface area contributed by atoms with Crippen LogP contribution in [0.15, 0.2) is 134 Å². The Balaban J connectivity index is 1.52. The number of rotatable bonds is 2. The maximum Gasteiger partial charge on any atom is 0.0972 e. The van der Waals surface area contributed by atoms with Gasteiger partial charge in [-0.3, -0.25) is 4.98 Å². The molecule has 0 aliphatic rings. The van der Waals surface area contributed by atoms with Gasteiger partial charge in [-0.25, -0.2) is 4.98 Å². The van der Waals surface area contributed by atoms with E-state index in [2.05, 4.69) is 126 Å². The molecule has 2 heterocycles. The molecule has 176 valence electrons. The first-order valence-corrected chi connectivity index (χ1v) is 12.9. The lowest BCUT2D eigenvalue weighted by atomic mass is 9.85. The van der Waals surface area contributed by atoms with Crippen molar-refractivity contribution in [1.29, 1.82) is 0 Å². The molecule has 0 aliphatic heterocycles. The summed E-state index contributed by atoms with van der Waals surface area (Å²) >= 11 is 0. The molecule has 0 spiro atoms. The van der Waals surface area contributed by atoms with Crippen LogP contribution in [-0.4, -0.2) is 9.97 Å². The van der Waals surface area contributed by atoms with E-state index in [4.69, 9.17) is 4.98 Å². The molecule has 0 fully saturated rings. The van der Waals surface area contributed by atoms with E-state index in [1.54, 1.807) is 0 Å². The van der Waals surface area contributed by atoms with Crippen molar-refractivity contribution in [3.8, 4) is 22.4 Å². The summed E-state index contributed by atoms with van der Waals surface area (Å²) in [5.74, 6) is 0. The van der Waals surface area contributed by atoms with Crippen LogP contribution in [0.1, 0.15) is 0 Å². The van der Waals surface area contributed by atoms with E-state index >= 15 is 0 Å². The van der Waals surface area contributed by atoms with Crippen LogP contribution in [0.2, 0.25) is 0 Å². The van der Waals surface area contributed by atoms with Gasteiger partial charge < -0.3 is 0 Å². The Morgan fingerprint density at radius 3 is 1.66 bits per heavy atom. The number of pyridine rings is 2. The van der Waals surface area contributed by atoms with Crippen LogP contribution in [0.5, 0.6) is 0 Å². The molecule has 0 saturated heterocycles. The lowest BCUT2D eigenvalue weighted by Gasteiger charge is -2.18. The molecule has 0 saturated carbocycles. The zero-order chi connectivity index (χ0) is 25.1. The van der Waals surface area contributed by atoms with Gasteiger partial charge in [0.1, 0.15) is 0 Å². The minimum absolute atomic E-state index is 0.937. The van der Waals surface area contributed by atoms with Crippen molar-refractivity contribution in [2.24, 2.45) is 0 Å². The van der Waals surface area contributed by atoms with Crippen LogP contribution < -0.4 is 0 Å². The predicted molar refractivity (Wildman–Crippen MR) is 160 cm³/mol. The van der Waals surface area contributed by atoms with Gasteiger partial charge in [-0.05, 0) is 55.6 Å². The first-order chi connectivity index (χ1) is 18.9. The predicted octanol–water partition coefficient (Wildman–Crippen LogP) is 9.58. The minimum atomic E-state index is 0.937. The van der Waals surface area contributed by atoms with E-state index < -0.39 is 0 Å². The maximum absolute atomic E-state index is 5.26. The Morgan fingerprint density at radius 1 is 0.368 bits per heavy atom. The van der Waals surface area contributed by atoms with Crippen molar-refractivity contribution in [3.05, 3.63) is 134 Å². The van der Waals surface area contributed by atoms with Gasteiger partial charge in [0, 0.05) is 22.5 Å². The normalized spacial score (nSPS) is 11.7. The maximum atomic E-state index is 5.26. The molecule has 0 N–H and O–H groups in total. The average Bonchev–Trinajstić information content (AvgIpc) is 2.99. The fourth-order valence-corrected chi connectivity index (χ4v) is 6.00. The molecule has 2 heteroatoms. The van der Waals surface area contributed by atoms with Gasteiger partial charge in [0.25, 0.3) is 0 Å². The minimum Gasteiger partial charge on any atom is -0.254 e. The summed E-state index contributed by atoms with van der Waals surface area (Å²) in [6.07, 6.45) is 1.85. The molecule has 8 rings (SSSR count). The number of aromatic nitrogens is 2. The van der Waals surface area contributed by atoms with Gasteiger partial charge in [0.2, 0.25) is 0 Å². The van der Waals surface area contributed by atoms with Crippen molar-refractivity contribution in [3.63, 3.8) is 0 Å². The summed E-state index contributed by atoms with van der Waals surface area (Å²) in [6, 6.07) is 45.4. The Hall–Kier alpha value is -5.08. The lowest BCUT2D eigenvalue weighted by molar-refractivity contribution is 1.38. The molecular weight excluding hydrogens is 460 g/mol. The second-order valence-electron chi connectivity index (χ2n) is 9.78. The van der Waals surface area contributed by atoms with E-state index in [1.165, 1.54) is 43.4 Å². The quantitative estimate of drug-likeness (QED) is 0.181. The summed E-state index contributed by atoms with van der Waals surface area (Å²) < 4.78 is 0. The molecule has 0 radical (unpaired) electrons. The highest BCUT2D eigenvalue weighted by atomic mass is 14.8. The highest BCUT2D eigenvalue weighted by molar-refractivity contribution is 6.23. The second kappa shape index (κ2) is 8.22. The standard InChI is InChI=1S/C36H22N2/c1-2-12-26-23(9-1)10-7-17-27(26)33-28-13-3-5-15-30(28)34(31-16-6-4-14-29(31)33)32-21-20-25-19-18-24-11-8-22-37-35(24)36(25)38-32/h1-22H. The largest absolute Gasteiger partial charge is 0.254 e. The average molecular weight is 483 g/mol. The molecule has 0 amide bonds. The summed E-state index contributed by atoms with van der Waals surface area (Å²) in [5.41, 5.74) is 6.52. The summed E-state index contributed by atoms with van der Waals surface area (Å²) in [7, 11) is 0. The number of hydrogen-bond acceptors (Lipinski definition) is 2. The molecule has 0 unspecified atom stereocenters. The van der Waals surface area contributed by atoms with Crippen LogP contribution in [0.3, 0.4) is 0 Å². The summed E-state index contributed by atoms with van der Waals surface area (Å²) in [5, 5.41) is 9.58. The van der Waals surface area contributed by atoms with Gasteiger partial charge in [0.05, 0.1) is 16.7 Å². The van der Waals surface area contributed by atoms with Crippen molar-refractivity contribution >= 4 is 54.1 Å². The second-order valence-corrected chi connectivity index (χ2v) is 9.78. The van der Waals surface area contributed by atoms with Gasteiger partial charge in [-0.15, -0.1) is 0 Å². The molecule has 0 bridgehead atoms. The number of benzene rings is 6. The van der Waals surface area contributed by atoms with Crippen molar-refractivity contribution in [1.82, 2.24) is 9.97 Å².